The summed E-state index contributed by atoms with van der Waals surface area (Å²) < 4.78 is 5.53. The van der Waals surface area contributed by atoms with E-state index in [1.54, 1.807) is 0 Å². The molecule has 0 bridgehead atoms. The summed E-state index contributed by atoms with van der Waals surface area (Å²) in [7, 11) is 0. The SMILES string of the molecule is Cc1ccc(CN2CCCC(C)(C(=O)O)C2)o1. The van der Waals surface area contributed by atoms with Crippen LogP contribution in [0, 0.1) is 12.3 Å². The van der Waals surface area contributed by atoms with Crippen molar-refractivity contribution in [3.8, 4) is 0 Å². The summed E-state index contributed by atoms with van der Waals surface area (Å²) in [6.45, 7) is 6.00. The van der Waals surface area contributed by atoms with Crippen LogP contribution >= 0.6 is 0 Å². The molecule has 94 valence electrons. The van der Waals surface area contributed by atoms with E-state index in [-0.39, 0.29) is 0 Å². The Morgan fingerprint density at radius 2 is 2.35 bits per heavy atom. The molecular weight excluding hydrogens is 218 g/mol. The normalized spacial score (nSPS) is 26.0. The fraction of sp³-hybridized carbons (Fsp3) is 0.615. The number of piperidine rings is 1. The van der Waals surface area contributed by atoms with Gasteiger partial charge in [-0.15, -0.1) is 0 Å². The summed E-state index contributed by atoms with van der Waals surface area (Å²) >= 11 is 0. The number of carboxylic acid groups (broad SMARTS) is 1. The van der Waals surface area contributed by atoms with Crippen molar-refractivity contribution in [1.82, 2.24) is 4.90 Å². The van der Waals surface area contributed by atoms with Crippen molar-refractivity contribution in [2.75, 3.05) is 13.1 Å². The van der Waals surface area contributed by atoms with Crippen LogP contribution in [0.3, 0.4) is 0 Å². The lowest BCUT2D eigenvalue weighted by Crippen LogP contribution is -2.45. The van der Waals surface area contributed by atoms with E-state index < -0.39 is 11.4 Å². The number of furan rings is 1. The molecule has 1 atom stereocenters. The number of likely N-dealkylation sites (tertiary alicyclic amines) is 1. The minimum atomic E-state index is -0.696. The smallest absolute Gasteiger partial charge is 0.310 e. The molecule has 0 spiro atoms. The number of nitrogens with zero attached hydrogens (tertiary/aromatic N) is 1. The van der Waals surface area contributed by atoms with Gasteiger partial charge in [0.2, 0.25) is 0 Å². The van der Waals surface area contributed by atoms with Gasteiger partial charge in [0.25, 0.3) is 0 Å². The predicted octanol–water partition coefficient (Wildman–Crippen LogP) is 2.27. The third kappa shape index (κ3) is 2.69. The second-order valence-corrected chi connectivity index (χ2v) is 5.19. The standard InChI is InChI=1S/C13H19NO3/c1-10-4-5-11(17-10)8-14-7-3-6-13(2,9-14)12(15)16/h4-5H,3,6-9H2,1-2H3,(H,15,16). The van der Waals surface area contributed by atoms with Crippen LogP contribution in [-0.2, 0) is 11.3 Å². The van der Waals surface area contributed by atoms with Crippen LogP contribution < -0.4 is 0 Å². The highest BCUT2D eigenvalue weighted by atomic mass is 16.4. The summed E-state index contributed by atoms with van der Waals surface area (Å²) in [6.07, 6.45) is 1.69. The van der Waals surface area contributed by atoms with E-state index in [4.69, 9.17) is 4.42 Å². The van der Waals surface area contributed by atoms with Crippen molar-refractivity contribution in [3.05, 3.63) is 23.7 Å². The third-order valence-electron chi connectivity index (χ3n) is 3.47. The second-order valence-electron chi connectivity index (χ2n) is 5.19. The third-order valence-corrected chi connectivity index (χ3v) is 3.47. The fourth-order valence-electron chi connectivity index (χ4n) is 2.44. The summed E-state index contributed by atoms with van der Waals surface area (Å²) in [5.74, 6) is 1.12. The molecule has 0 amide bonds. The van der Waals surface area contributed by atoms with E-state index in [1.807, 2.05) is 26.0 Å². The lowest BCUT2D eigenvalue weighted by atomic mass is 9.82. The number of carbonyl (C=O) groups is 1. The van der Waals surface area contributed by atoms with E-state index in [2.05, 4.69) is 4.90 Å². The first-order valence-electron chi connectivity index (χ1n) is 6.01. The molecule has 0 aromatic carbocycles. The summed E-state index contributed by atoms with van der Waals surface area (Å²) in [5, 5.41) is 9.24. The van der Waals surface area contributed by atoms with Crippen LogP contribution in [0.2, 0.25) is 0 Å². The minimum absolute atomic E-state index is 0.599. The molecule has 1 unspecified atom stereocenters. The number of hydrogen-bond acceptors (Lipinski definition) is 3. The molecule has 1 N–H and O–H groups in total. The Labute approximate surface area is 101 Å². The van der Waals surface area contributed by atoms with Crippen LogP contribution in [0.25, 0.3) is 0 Å². The zero-order valence-electron chi connectivity index (χ0n) is 10.4. The van der Waals surface area contributed by atoms with Gasteiger partial charge >= 0.3 is 5.97 Å². The number of aryl methyl sites for hydroxylation is 1. The summed E-state index contributed by atoms with van der Waals surface area (Å²) in [4.78, 5) is 13.4. The molecule has 1 aliphatic rings. The van der Waals surface area contributed by atoms with E-state index in [0.717, 1.165) is 30.9 Å². The molecule has 0 radical (unpaired) electrons. The molecular formula is C13H19NO3. The molecule has 17 heavy (non-hydrogen) atoms. The van der Waals surface area contributed by atoms with Crippen LogP contribution in [0.1, 0.15) is 31.3 Å². The number of aliphatic carboxylic acids is 1. The van der Waals surface area contributed by atoms with Crippen molar-refractivity contribution in [3.63, 3.8) is 0 Å². The zero-order valence-corrected chi connectivity index (χ0v) is 10.4. The molecule has 4 heteroatoms. The highest BCUT2D eigenvalue weighted by Crippen LogP contribution is 2.30. The Bertz CT molecular complexity index is 413. The quantitative estimate of drug-likeness (QED) is 0.876. The van der Waals surface area contributed by atoms with Gasteiger partial charge in [-0.25, -0.2) is 0 Å². The van der Waals surface area contributed by atoms with Gasteiger partial charge in [-0.3, -0.25) is 9.69 Å². The summed E-state index contributed by atoms with van der Waals surface area (Å²) in [6, 6.07) is 3.90. The maximum absolute atomic E-state index is 11.2. The Balaban J connectivity index is 2.00. The maximum atomic E-state index is 11.2. The van der Waals surface area contributed by atoms with Gasteiger partial charge in [-0.05, 0) is 45.4 Å². The van der Waals surface area contributed by atoms with Crippen molar-refractivity contribution >= 4 is 5.97 Å². The molecule has 4 nitrogen and oxygen atoms in total. The van der Waals surface area contributed by atoms with Crippen molar-refractivity contribution in [2.45, 2.75) is 33.2 Å². The molecule has 2 heterocycles. The van der Waals surface area contributed by atoms with Crippen molar-refractivity contribution in [1.29, 1.82) is 0 Å². The topological polar surface area (TPSA) is 53.7 Å². The van der Waals surface area contributed by atoms with Crippen LogP contribution in [-0.4, -0.2) is 29.1 Å². The van der Waals surface area contributed by atoms with Gasteiger partial charge in [0.1, 0.15) is 11.5 Å². The molecule has 1 aromatic rings. The molecule has 1 fully saturated rings. The molecule has 0 saturated carbocycles. The molecule has 2 rings (SSSR count). The minimum Gasteiger partial charge on any atom is -0.481 e. The molecule has 1 saturated heterocycles. The Hall–Kier alpha value is -1.29. The van der Waals surface area contributed by atoms with E-state index in [1.165, 1.54) is 0 Å². The van der Waals surface area contributed by atoms with Gasteiger partial charge in [0.05, 0.1) is 12.0 Å². The number of carboxylic acids is 1. The Morgan fingerprint density at radius 1 is 1.59 bits per heavy atom. The van der Waals surface area contributed by atoms with Gasteiger partial charge in [-0.2, -0.15) is 0 Å². The first-order chi connectivity index (χ1) is 7.99. The van der Waals surface area contributed by atoms with E-state index in [9.17, 15) is 9.90 Å². The van der Waals surface area contributed by atoms with Crippen LogP contribution in [0.5, 0.6) is 0 Å². The van der Waals surface area contributed by atoms with Gasteiger partial charge in [-0.1, -0.05) is 0 Å². The van der Waals surface area contributed by atoms with Gasteiger partial charge < -0.3 is 9.52 Å². The van der Waals surface area contributed by atoms with E-state index >= 15 is 0 Å². The zero-order chi connectivity index (χ0) is 12.5. The van der Waals surface area contributed by atoms with Gasteiger partial charge in [0, 0.05) is 6.54 Å². The molecule has 0 aliphatic carbocycles. The number of rotatable bonds is 3. The first kappa shape index (κ1) is 12.2. The predicted molar refractivity (Wildman–Crippen MR) is 63.7 cm³/mol. The lowest BCUT2D eigenvalue weighted by molar-refractivity contribution is -0.151. The Kier molecular flexibility index (Phi) is 3.24. The monoisotopic (exact) mass is 237 g/mol. The number of hydrogen-bond donors (Lipinski definition) is 1. The second kappa shape index (κ2) is 4.53. The average molecular weight is 237 g/mol. The van der Waals surface area contributed by atoms with Crippen molar-refractivity contribution < 1.29 is 14.3 Å². The van der Waals surface area contributed by atoms with Crippen molar-refractivity contribution in [2.24, 2.45) is 5.41 Å². The van der Waals surface area contributed by atoms with E-state index in [0.29, 0.717) is 13.1 Å². The highest BCUT2D eigenvalue weighted by molar-refractivity contribution is 5.74. The fourth-order valence-corrected chi connectivity index (χ4v) is 2.44. The average Bonchev–Trinajstić information content (AvgIpc) is 2.64. The highest BCUT2D eigenvalue weighted by Gasteiger charge is 2.37. The largest absolute Gasteiger partial charge is 0.481 e. The first-order valence-corrected chi connectivity index (χ1v) is 6.01. The van der Waals surface area contributed by atoms with Crippen LogP contribution in [0.15, 0.2) is 16.5 Å². The van der Waals surface area contributed by atoms with Crippen LogP contribution in [0.4, 0.5) is 0 Å². The molecule has 1 aromatic heterocycles. The molecule has 1 aliphatic heterocycles. The van der Waals surface area contributed by atoms with Gasteiger partial charge in [0.15, 0.2) is 0 Å². The Morgan fingerprint density at radius 3 is 2.94 bits per heavy atom. The lowest BCUT2D eigenvalue weighted by Gasteiger charge is -2.37. The summed E-state index contributed by atoms with van der Waals surface area (Å²) in [5.41, 5.74) is -0.611. The maximum Gasteiger partial charge on any atom is 0.310 e.